The Hall–Kier alpha value is -3.21. The number of anilines is 2. The van der Waals surface area contributed by atoms with Gasteiger partial charge in [0.1, 0.15) is 6.07 Å². The van der Waals surface area contributed by atoms with Gasteiger partial charge in [-0.3, -0.25) is 5.32 Å². The molecule has 0 aromatic heterocycles. The molecule has 0 bridgehead atoms. The SMILES string of the molecule is CN(Cc1ccc(C(F)(F)F)cc1)c1ccc(NC(=O)O)c(C#N)c1. The summed E-state index contributed by atoms with van der Waals surface area (Å²) in [6.07, 6.45) is -5.65. The van der Waals surface area contributed by atoms with Crippen molar-refractivity contribution in [2.24, 2.45) is 0 Å². The minimum Gasteiger partial charge on any atom is -0.465 e. The second-order valence-corrected chi connectivity index (χ2v) is 5.32. The zero-order chi connectivity index (χ0) is 18.6. The van der Waals surface area contributed by atoms with Crippen molar-refractivity contribution in [3.8, 4) is 6.07 Å². The molecule has 130 valence electrons. The first-order valence-electron chi connectivity index (χ1n) is 7.12. The van der Waals surface area contributed by atoms with Gasteiger partial charge in [-0.05, 0) is 35.9 Å². The maximum atomic E-state index is 12.6. The Morgan fingerprint density at radius 1 is 1.24 bits per heavy atom. The van der Waals surface area contributed by atoms with E-state index in [1.54, 1.807) is 18.0 Å². The van der Waals surface area contributed by atoms with Gasteiger partial charge in [-0.1, -0.05) is 12.1 Å². The summed E-state index contributed by atoms with van der Waals surface area (Å²) in [5.41, 5.74) is 0.907. The summed E-state index contributed by atoms with van der Waals surface area (Å²) in [6, 6.07) is 11.3. The van der Waals surface area contributed by atoms with E-state index in [9.17, 15) is 18.0 Å². The first-order valence-corrected chi connectivity index (χ1v) is 7.12. The van der Waals surface area contributed by atoms with Gasteiger partial charge in [0, 0.05) is 19.3 Å². The third-order valence-corrected chi connectivity index (χ3v) is 3.51. The van der Waals surface area contributed by atoms with Gasteiger partial charge in [0.25, 0.3) is 0 Å². The number of rotatable bonds is 4. The van der Waals surface area contributed by atoms with Gasteiger partial charge in [-0.15, -0.1) is 0 Å². The third kappa shape index (κ3) is 4.64. The molecule has 0 heterocycles. The van der Waals surface area contributed by atoms with Gasteiger partial charge in [0.15, 0.2) is 0 Å². The zero-order valence-corrected chi connectivity index (χ0v) is 13.1. The fourth-order valence-electron chi connectivity index (χ4n) is 2.25. The lowest BCUT2D eigenvalue weighted by molar-refractivity contribution is -0.137. The summed E-state index contributed by atoms with van der Waals surface area (Å²) >= 11 is 0. The number of hydrogen-bond donors (Lipinski definition) is 2. The van der Waals surface area contributed by atoms with Gasteiger partial charge in [0.05, 0.1) is 16.8 Å². The average Bonchev–Trinajstić information content (AvgIpc) is 2.54. The fraction of sp³-hybridized carbons (Fsp3) is 0.176. The van der Waals surface area contributed by atoms with Crippen LogP contribution in [0.1, 0.15) is 16.7 Å². The molecule has 2 aromatic carbocycles. The Balaban J connectivity index is 2.16. The maximum absolute atomic E-state index is 12.6. The number of nitrogens with one attached hydrogen (secondary N) is 1. The Labute approximate surface area is 141 Å². The van der Waals surface area contributed by atoms with Gasteiger partial charge in [-0.2, -0.15) is 18.4 Å². The quantitative estimate of drug-likeness (QED) is 0.863. The lowest BCUT2D eigenvalue weighted by Crippen LogP contribution is -2.17. The number of halogens is 3. The molecule has 0 fully saturated rings. The fourth-order valence-corrected chi connectivity index (χ4v) is 2.25. The average molecular weight is 349 g/mol. The maximum Gasteiger partial charge on any atom is 0.416 e. The van der Waals surface area contributed by atoms with Crippen molar-refractivity contribution in [1.29, 1.82) is 5.26 Å². The smallest absolute Gasteiger partial charge is 0.416 e. The van der Waals surface area contributed by atoms with Crippen LogP contribution in [0, 0.1) is 11.3 Å². The number of hydrogen-bond acceptors (Lipinski definition) is 3. The van der Waals surface area contributed by atoms with Crippen molar-refractivity contribution in [1.82, 2.24) is 0 Å². The Morgan fingerprint density at radius 2 is 1.88 bits per heavy atom. The third-order valence-electron chi connectivity index (χ3n) is 3.51. The van der Waals surface area contributed by atoms with E-state index in [1.807, 2.05) is 6.07 Å². The zero-order valence-electron chi connectivity index (χ0n) is 13.1. The normalized spacial score (nSPS) is 10.8. The van der Waals surface area contributed by atoms with E-state index >= 15 is 0 Å². The highest BCUT2D eigenvalue weighted by molar-refractivity contribution is 5.85. The molecule has 5 nitrogen and oxygen atoms in total. The van der Waals surface area contributed by atoms with Crippen molar-refractivity contribution in [2.45, 2.75) is 12.7 Å². The van der Waals surface area contributed by atoms with Gasteiger partial charge in [-0.25, -0.2) is 4.79 Å². The summed E-state index contributed by atoms with van der Waals surface area (Å²) in [5.74, 6) is 0. The van der Waals surface area contributed by atoms with Crippen LogP contribution in [0.25, 0.3) is 0 Å². The van der Waals surface area contributed by atoms with E-state index in [2.05, 4.69) is 5.32 Å². The lowest BCUT2D eigenvalue weighted by atomic mass is 10.1. The van der Waals surface area contributed by atoms with Crippen LogP contribution in [0.2, 0.25) is 0 Å². The van der Waals surface area contributed by atoms with Gasteiger partial charge >= 0.3 is 12.3 Å². The minimum absolute atomic E-state index is 0.152. The lowest BCUT2D eigenvalue weighted by Gasteiger charge is -2.20. The van der Waals surface area contributed by atoms with Crippen molar-refractivity contribution >= 4 is 17.5 Å². The molecule has 0 aliphatic heterocycles. The molecular weight excluding hydrogens is 335 g/mol. The topological polar surface area (TPSA) is 76.4 Å². The molecule has 2 N–H and O–H groups in total. The first-order chi connectivity index (χ1) is 11.7. The van der Waals surface area contributed by atoms with Crippen LogP contribution in [0.3, 0.4) is 0 Å². The summed E-state index contributed by atoms with van der Waals surface area (Å²) in [6.45, 7) is 0.328. The molecule has 2 aromatic rings. The van der Waals surface area contributed by atoms with Crippen molar-refractivity contribution in [2.75, 3.05) is 17.3 Å². The van der Waals surface area contributed by atoms with E-state index < -0.39 is 17.8 Å². The van der Waals surface area contributed by atoms with E-state index in [4.69, 9.17) is 10.4 Å². The summed E-state index contributed by atoms with van der Waals surface area (Å²) in [7, 11) is 1.72. The van der Waals surface area contributed by atoms with Crippen LogP contribution in [-0.2, 0) is 12.7 Å². The molecule has 0 aliphatic carbocycles. The first kappa shape index (κ1) is 18.1. The number of carboxylic acid groups (broad SMARTS) is 1. The minimum atomic E-state index is -4.38. The number of carbonyl (C=O) groups is 1. The second kappa shape index (κ2) is 7.13. The summed E-state index contributed by atoms with van der Waals surface area (Å²) in [4.78, 5) is 12.4. The standard InChI is InChI=1S/C17H14F3N3O2/c1-23(10-11-2-4-13(5-3-11)17(18,19)20)14-6-7-15(22-16(24)25)12(8-14)9-21/h2-8,22H,10H2,1H3,(H,24,25). The molecule has 0 spiro atoms. The Morgan fingerprint density at radius 3 is 2.40 bits per heavy atom. The van der Waals surface area contributed by atoms with Crippen LogP contribution in [0.4, 0.5) is 29.3 Å². The molecule has 0 saturated heterocycles. The van der Waals surface area contributed by atoms with Crippen molar-refractivity contribution in [3.63, 3.8) is 0 Å². The second-order valence-electron chi connectivity index (χ2n) is 5.32. The van der Waals surface area contributed by atoms with Crippen molar-refractivity contribution < 1.29 is 23.1 Å². The molecule has 1 amide bonds. The predicted molar refractivity (Wildman–Crippen MR) is 86.4 cm³/mol. The highest BCUT2D eigenvalue weighted by Gasteiger charge is 2.29. The molecule has 0 atom stereocenters. The predicted octanol–water partition coefficient (Wildman–Crippen LogP) is 4.30. The Bertz CT molecular complexity index is 811. The van der Waals surface area contributed by atoms with Crippen LogP contribution in [-0.4, -0.2) is 18.2 Å². The molecule has 8 heteroatoms. The highest BCUT2D eigenvalue weighted by Crippen LogP contribution is 2.29. The molecule has 0 unspecified atom stereocenters. The number of alkyl halides is 3. The van der Waals surface area contributed by atoms with Crippen molar-refractivity contribution in [3.05, 3.63) is 59.2 Å². The van der Waals surface area contributed by atoms with Crippen LogP contribution in [0.5, 0.6) is 0 Å². The number of nitrogens with zero attached hydrogens (tertiary/aromatic N) is 2. The molecule has 0 radical (unpaired) electrons. The van der Waals surface area contributed by atoms with E-state index in [0.29, 0.717) is 17.8 Å². The summed E-state index contributed by atoms with van der Waals surface area (Å²) in [5, 5.41) is 20.0. The summed E-state index contributed by atoms with van der Waals surface area (Å²) < 4.78 is 37.7. The van der Waals surface area contributed by atoms with E-state index in [1.165, 1.54) is 24.3 Å². The molecule has 0 aliphatic rings. The Kier molecular flexibility index (Phi) is 5.17. The highest BCUT2D eigenvalue weighted by atomic mass is 19.4. The molecular formula is C17H14F3N3O2. The largest absolute Gasteiger partial charge is 0.465 e. The van der Waals surface area contributed by atoms with E-state index in [0.717, 1.165) is 12.1 Å². The number of benzene rings is 2. The van der Waals surface area contributed by atoms with Crippen LogP contribution >= 0.6 is 0 Å². The van der Waals surface area contributed by atoms with E-state index in [-0.39, 0.29) is 11.3 Å². The van der Waals surface area contributed by atoms with Crippen LogP contribution < -0.4 is 10.2 Å². The van der Waals surface area contributed by atoms with Gasteiger partial charge in [0.2, 0.25) is 0 Å². The van der Waals surface area contributed by atoms with Gasteiger partial charge < -0.3 is 10.0 Å². The van der Waals surface area contributed by atoms with Crippen LogP contribution in [0.15, 0.2) is 42.5 Å². The number of nitriles is 1. The monoisotopic (exact) mass is 349 g/mol. The molecule has 0 saturated carbocycles. The molecule has 2 rings (SSSR count). The number of amides is 1. The molecule has 25 heavy (non-hydrogen) atoms.